The van der Waals surface area contributed by atoms with E-state index in [-0.39, 0.29) is 0 Å². The van der Waals surface area contributed by atoms with Crippen LogP contribution < -0.4 is 9.64 Å². The Morgan fingerprint density at radius 1 is 1.04 bits per heavy atom. The fourth-order valence-corrected chi connectivity index (χ4v) is 3.38. The number of para-hydroxylation sites is 2. The van der Waals surface area contributed by atoms with E-state index in [0.29, 0.717) is 0 Å². The first kappa shape index (κ1) is 18.3. The molecule has 0 spiro atoms. The van der Waals surface area contributed by atoms with Crippen molar-refractivity contribution in [3.8, 4) is 22.7 Å². The van der Waals surface area contributed by atoms with Crippen LogP contribution in [0.1, 0.15) is 5.56 Å². The van der Waals surface area contributed by atoms with Gasteiger partial charge in [0.1, 0.15) is 11.4 Å². The Hall–Kier alpha value is -3.12. The first-order valence-electron chi connectivity index (χ1n) is 9.63. The van der Waals surface area contributed by atoms with Gasteiger partial charge in [-0.1, -0.05) is 30.3 Å². The molecular weight excluding hydrogens is 350 g/mol. The molecule has 4 rings (SSSR count). The van der Waals surface area contributed by atoms with Crippen LogP contribution in [-0.2, 0) is 0 Å². The lowest BCUT2D eigenvalue weighted by Crippen LogP contribution is -3.11. The molecule has 0 radical (unpaired) electrons. The van der Waals surface area contributed by atoms with Gasteiger partial charge >= 0.3 is 0 Å². The lowest BCUT2D eigenvalue weighted by atomic mass is 10.1. The van der Waals surface area contributed by atoms with Gasteiger partial charge in [0.2, 0.25) is 0 Å². The molecule has 2 heterocycles. The summed E-state index contributed by atoms with van der Waals surface area (Å²) >= 11 is 0. The van der Waals surface area contributed by atoms with Crippen LogP contribution in [0.3, 0.4) is 0 Å². The molecule has 2 aromatic carbocycles. The number of benzene rings is 2. The Balaban J connectivity index is 1.72. The van der Waals surface area contributed by atoms with Crippen molar-refractivity contribution < 1.29 is 9.64 Å². The molecule has 0 unspecified atom stereocenters. The van der Waals surface area contributed by atoms with Gasteiger partial charge in [-0.3, -0.25) is 5.01 Å². The fourth-order valence-electron chi connectivity index (χ4n) is 3.38. The summed E-state index contributed by atoms with van der Waals surface area (Å²) in [4.78, 5) is 1.55. The lowest BCUT2D eigenvalue weighted by Gasteiger charge is -2.27. The molecule has 0 bridgehead atoms. The minimum atomic E-state index is 0.804. The molecule has 144 valence electrons. The summed E-state index contributed by atoms with van der Waals surface area (Å²) in [5, 5.41) is 11.7. The Morgan fingerprint density at radius 2 is 1.75 bits per heavy atom. The highest BCUT2D eigenvalue weighted by atomic mass is 16.5. The Labute approximate surface area is 165 Å². The predicted octanol–water partition coefficient (Wildman–Crippen LogP) is 1.71. The number of nitrogens with one attached hydrogen (secondary N) is 1. The van der Waals surface area contributed by atoms with Gasteiger partial charge in [-0.2, -0.15) is 10.2 Å². The van der Waals surface area contributed by atoms with Crippen LogP contribution in [0.15, 0.2) is 65.9 Å². The maximum Gasteiger partial charge on any atom is 0.128 e. The molecule has 1 aliphatic rings. The summed E-state index contributed by atoms with van der Waals surface area (Å²) in [6.07, 6.45) is 3.96. The third kappa shape index (κ3) is 3.92. The number of aromatic nitrogens is 2. The molecule has 28 heavy (non-hydrogen) atoms. The first-order chi connectivity index (χ1) is 13.7. The SMILES string of the molecule is COc1ccccc1-c1nn(-c2ccccc2)cc1/C=N\N1CC[NH+](C)CC1. The number of quaternary nitrogens is 1. The first-order valence-corrected chi connectivity index (χ1v) is 9.63. The molecule has 6 nitrogen and oxygen atoms in total. The molecule has 1 fully saturated rings. The Bertz CT molecular complexity index is 943. The van der Waals surface area contributed by atoms with Gasteiger partial charge in [0, 0.05) is 17.3 Å². The quantitative estimate of drug-likeness (QED) is 0.690. The lowest BCUT2D eigenvalue weighted by molar-refractivity contribution is -0.884. The Kier molecular flexibility index (Phi) is 5.39. The molecular formula is C22H26N5O+. The van der Waals surface area contributed by atoms with Crippen molar-refractivity contribution in [2.45, 2.75) is 0 Å². The number of ether oxygens (including phenoxy) is 1. The van der Waals surface area contributed by atoms with Gasteiger partial charge < -0.3 is 9.64 Å². The van der Waals surface area contributed by atoms with Crippen LogP contribution in [0.2, 0.25) is 0 Å². The summed E-state index contributed by atoms with van der Waals surface area (Å²) in [6.45, 7) is 4.16. The third-order valence-electron chi connectivity index (χ3n) is 5.08. The topological polar surface area (TPSA) is 47.1 Å². The summed E-state index contributed by atoms with van der Waals surface area (Å²) in [5.41, 5.74) is 3.81. The van der Waals surface area contributed by atoms with Gasteiger partial charge in [0.25, 0.3) is 0 Å². The number of rotatable bonds is 5. The van der Waals surface area contributed by atoms with E-state index >= 15 is 0 Å². The summed E-state index contributed by atoms with van der Waals surface area (Å²) < 4.78 is 7.47. The van der Waals surface area contributed by atoms with Gasteiger partial charge in [0.05, 0.1) is 52.2 Å². The molecule has 1 aliphatic heterocycles. The number of hydrogen-bond acceptors (Lipinski definition) is 4. The molecule has 1 N–H and O–H groups in total. The second-order valence-electron chi connectivity index (χ2n) is 7.07. The van der Waals surface area contributed by atoms with E-state index in [0.717, 1.165) is 54.4 Å². The van der Waals surface area contributed by atoms with Crippen molar-refractivity contribution in [3.05, 3.63) is 66.4 Å². The van der Waals surface area contributed by atoms with E-state index in [4.69, 9.17) is 14.9 Å². The maximum atomic E-state index is 5.57. The van der Waals surface area contributed by atoms with Gasteiger partial charge in [0.15, 0.2) is 0 Å². The Morgan fingerprint density at radius 3 is 2.50 bits per heavy atom. The highest BCUT2D eigenvalue weighted by molar-refractivity contribution is 5.90. The van der Waals surface area contributed by atoms with Gasteiger partial charge in [-0.15, -0.1) is 0 Å². The minimum absolute atomic E-state index is 0.804. The average molecular weight is 376 g/mol. The number of likely N-dealkylation sites (N-methyl/N-ethyl adjacent to an activating group) is 1. The fraction of sp³-hybridized carbons (Fsp3) is 0.273. The third-order valence-corrected chi connectivity index (χ3v) is 5.08. The number of piperazine rings is 1. The van der Waals surface area contributed by atoms with Crippen LogP contribution in [-0.4, -0.2) is 61.3 Å². The predicted molar refractivity (Wildman–Crippen MR) is 111 cm³/mol. The van der Waals surface area contributed by atoms with Crippen LogP contribution in [0.4, 0.5) is 0 Å². The summed E-state index contributed by atoms with van der Waals surface area (Å²) in [6, 6.07) is 18.1. The highest BCUT2D eigenvalue weighted by Gasteiger charge is 2.17. The van der Waals surface area contributed by atoms with Gasteiger partial charge in [-0.05, 0) is 24.3 Å². The average Bonchev–Trinajstić information content (AvgIpc) is 3.18. The van der Waals surface area contributed by atoms with E-state index in [9.17, 15) is 0 Å². The zero-order valence-electron chi connectivity index (χ0n) is 16.4. The van der Waals surface area contributed by atoms with Crippen molar-refractivity contribution in [2.24, 2.45) is 5.10 Å². The zero-order chi connectivity index (χ0) is 19.3. The highest BCUT2D eigenvalue weighted by Crippen LogP contribution is 2.31. The molecule has 0 aliphatic carbocycles. The smallest absolute Gasteiger partial charge is 0.128 e. The number of hydrogen-bond donors (Lipinski definition) is 1. The number of nitrogens with zero attached hydrogens (tertiary/aromatic N) is 4. The van der Waals surface area contributed by atoms with E-state index in [1.165, 1.54) is 0 Å². The van der Waals surface area contributed by atoms with Gasteiger partial charge in [-0.25, -0.2) is 4.68 Å². The van der Waals surface area contributed by atoms with Crippen molar-refractivity contribution >= 4 is 6.21 Å². The second kappa shape index (κ2) is 8.27. The van der Waals surface area contributed by atoms with Crippen LogP contribution >= 0.6 is 0 Å². The standard InChI is InChI=1S/C22H25N5O/c1-25-12-14-26(15-13-25)23-16-18-17-27(19-8-4-3-5-9-19)24-22(18)20-10-6-7-11-21(20)28-2/h3-11,16-17H,12-15H2,1-2H3/p+1/b23-16-. The molecule has 0 atom stereocenters. The minimum Gasteiger partial charge on any atom is -0.496 e. The molecule has 0 saturated carbocycles. The van der Waals surface area contributed by atoms with Crippen molar-refractivity contribution in [2.75, 3.05) is 40.3 Å². The number of methoxy groups -OCH3 is 1. The van der Waals surface area contributed by atoms with Crippen LogP contribution in [0.25, 0.3) is 16.9 Å². The number of hydrazone groups is 1. The van der Waals surface area contributed by atoms with E-state index in [1.807, 2.05) is 71.7 Å². The normalized spacial score (nSPS) is 15.3. The summed E-state index contributed by atoms with van der Waals surface area (Å²) in [5.74, 6) is 0.804. The summed E-state index contributed by atoms with van der Waals surface area (Å²) in [7, 11) is 3.91. The van der Waals surface area contributed by atoms with Crippen molar-refractivity contribution in [3.63, 3.8) is 0 Å². The molecule has 0 amide bonds. The zero-order valence-corrected chi connectivity index (χ0v) is 16.4. The molecule has 3 aromatic rings. The largest absolute Gasteiger partial charge is 0.496 e. The monoisotopic (exact) mass is 376 g/mol. The van der Waals surface area contributed by atoms with Crippen LogP contribution in [0.5, 0.6) is 5.75 Å². The molecule has 1 saturated heterocycles. The van der Waals surface area contributed by atoms with Crippen molar-refractivity contribution in [1.82, 2.24) is 14.8 Å². The van der Waals surface area contributed by atoms with E-state index < -0.39 is 0 Å². The van der Waals surface area contributed by atoms with E-state index in [1.54, 1.807) is 12.0 Å². The molecule has 6 heteroatoms. The van der Waals surface area contributed by atoms with E-state index in [2.05, 4.69) is 12.1 Å². The molecule has 1 aromatic heterocycles. The second-order valence-corrected chi connectivity index (χ2v) is 7.07. The maximum absolute atomic E-state index is 5.57. The van der Waals surface area contributed by atoms with Crippen molar-refractivity contribution in [1.29, 1.82) is 0 Å². The van der Waals surface area contributed by atoms with Crippen LogP contribution in [0, 0.1) is 0 Å².